The van der Waals surface area contributed by atoms with Gasteiger partial charge >= 0.3 is 0 Å². The maximum absolute atomic E-state index is 13.4. The van der Waals surface area contributed by atoms with Crippen LogP contribution in [-0.4, -0.2) is 43.6 Å². The van der Waals surface area contributed by atoms with E-state index in [1.165, 1.54) is 31.4 Å². The van der Waals surface area contributed by atoms with Crippen molar-refractivity contribution in [1.82, 2.24) is 4.90 Å². The Morgan fingerprint density at radius 1 is 1.03 bits per heavy atom. The lowest BCUT2D eigenvalue weighted by Crippen LogP contribution is -2.35. The maximum Gasteiger partial charge on any atom is 0.278 e. The smallest absolute Gasteiger partial charge is 0.278 e. The van der Waals surface area contributed by atoms with E-state index >= 15 is 0 Å². The fraction of sp³-hybridized carbons (Fsp3) is 0.273. The molecule has 0 aromatic heterocycles. The monoisotopic (exact) mass is 398 g/mol. The van der Waals surface area contributed by atoms with Gasteiger partial charge in [0.2, 0.25) is 0 Å². The van der Waals surface area contributed by atoms with E-state index in [4.69, 9.17) is 9.47 Å². The van der Waals surface area contributed by atoms with Gasteiger partial charge < -0.3 is 14.8 Å². The van der Waals surface area contributed by atoms with Gasteiger partial charge in [0, 0.05) is 18.9 Å². The average Bonchev–Trinajstić information content (AvgIpc) is 2.95. The fourth-order valence-electron chi connectivity index (χ4n) is 2.99. The Kier molecular flexibility index (Phi) is 6.61. The fourth-order valence-corrected chi connectivity index (χ4v) is 2.99. The number of carbonyl (C=O) groups excluding carboxylic acids is 2. The summed E-state index contributed by atoms with van der Waals surface area (Å²) in [5.74, 6) is -0.655. The first kappa shape index (κ1) is 20.5. The number of amides is 2. The number of benzene rings is 2. The highest BCUT2D eigenvalue weighted by Crippen LogP contribution is 2.31. The topological polar surface area (TPSA) is 67.9 Å². The Labute approximate surface area is 168 Å². The largest absolute Gasteiger partial charge is 0.494 e. The molecular weight excluding hydrogens is 375 g/mol. The highest BCUT2D eigenvalue weighted by atomic mass is 19.1. The molecule has 1 N–H and O–H groups in total. The van der Waals surface area contributed by atoms with Gasteiger partial charge in [0.1, 0.15) is 17.3 Å². The number of methoxy groups -OCH3 is 1. The minimum atomic E-state index is -0.453. The van der Waals surface area contributed by atoms with Crippen LogP contribution in [0.25, 0.3) is 5.57 Å². The van der Waals surface area contributed by atoms with Crippen molar-refractivity contribution in [2.45, 2.75) is 13.3 Å². The Morgan fingerprint density at radius 2 is 1.79 bits per heavy atom. The Balaban J connectivity index is 1.97. The van der Waals surface area contributed by atoms with Crippen molar-refractivity contribution in [1.29, 1.82) is 0 Å². The Bertz CT molecular complexity index is 925. The second-order valence-corrected chi connectivity index (χ2v) is 6.51. The lowest BCUT2D eigenvalue weighted by Gasteiger charge is -2.14. The van der Waals surface area contributed by atoms with E-state index < -0.39 is 17.6 Å². The summed E-state index contributed by atoms with van der Waals surface area (Å²) in [4.78, 5) is 27.0. The number of hydrogen-bond acceptors (Lipinski definition) is 5. The molecule has 0 spiro atoms. The minimum Gasteiger partial charge on any atom is -0.494 e. The normalized spacial score (nSPS) is 14.0. The predicted octanol–water partition coefficient (Wildman–Crippen LogP) is 3.45. The molecule has 1 aliphatic heterocycles. The van der Waals surface area contributed by atoms with Crippen molar-refractivity contribution in [2.24, 2.45) is 0 Å². The second kappa shape index (κ2) is 9.34. The molecule has 3 rings (SSSR count). The van der Waals surface area contributed by atoms with Gasteiger partial charge in [0.25, 0.3) is 11.8 Å². The number of halogens is 1. The van der Waals surface area contributed by atoms with E-state index in [0.29, 0.717) is 23.6 Å². The number of nitrogens with zero attached hydrogens (tertiary/aromatic N) is 1. The van der Waals surface area contributed by atoms with E-state index in [-0.39, 0.29) is 24.4 Å². The number of ether oxygens (including phenoxy) is 2. The number of rotatable bonds is 9. The molecule has 0 saturated heterocycles. The van der Waals surface area contributed by atoms with Crippen LogP contribution in [-0.2, 0) is 14.3 Å². The van der Waals surface area contributed by atoms with Crippen LogP contribution in [0.15, 0.2) is 54.2 Å². The van der Waals surface area contributed by atoms with Crippen LogP contribution in [0.2, 0.25) is 0 Å². The third kappa shape index (κ3) is 4.63. The maximum atomic E-state index is 13.4. The summed E-state index contributed by atoms with van der Waals surface area (Å²) in [6.07, 6.45) is 0.874. The molecule has 2 amide bonds. The molecule has 1 heterocycles. The lowest BCUT2D eigenvalue weighted by molar-refractivity contribution is -0.137. The summed E-state index contributed by atoms with van der Waals surface area (Å²) >= 11 is 0. The molecule has 7 heteroatoms. The summed E-state index contributed by atoms with van der Waals surface area (Å²) in [7, 11) is 1.50. The van der Waals surface area contributed by atoms with Gasteiger partial charge in [-0.2, -0.15) is 0 Å². The van der Waals surface area contributed by atoms with Gasteiger partial charge in [0.05, 0.1) is 25.3 Å². The average molecular weight is 398 g/mol. The molecule has 29 heavy (non-hydrogen) atoms. The molecule has 2 aromatic carbocycles. The summed E-state index contributed by atoms with van der Waals surface area (Å²) in [5.41, 5.74) is 1.42. The first-order chi connectivity index (χ1) is 14.0. The van der Waals surface area contributed by atoms with Crippen LogP contribution in [0.5, 0.6) is 5.75 Å². The SMILES string of the molecule is CCCOc1cccc(NC2=C(c3ccc(F)cc3)C(=O)N(CCOC)C2=O)c1. The van der Waals surface area contributed by atoms with Crippen molar-refractivity contribution >= 4 is 23.1 Å². The van der Waals surface area contributed by atoms with E-state index in [2.05, 4.69) is 5.32 Å². The van der Waals surface area contributed by atoms with Crippen molar-refractivity contribution < 1.29 is 23.5 Å². The molecule has 6 nitrogen and oxygen atoms in total. The first-order valence-corrected chi connectivity index (χ1v) is 9.40. The molecule has 0 unspecified atom stereocenters. The minimum absolute atomic E-state index is 0.129. The molecule has 0 atom stereocenters. The van der Waals surface area contributed by atoms with Gasteiger partial charge in [0.15, 0.2) is 0 Å². The van der Waals surface area contributed by atoms with Crippen LogP contribution in [0.4, 0.5) is 10.1 Å². The number of imide groups is 1. The number of hydrogen-bond donors (Lipinski definition) is 1. The third-order valence-electron chi connectivity index (χ3n) is 4.40. The summed E-state index contributed by atoms with van der Waals surface area (Å²) in [6.45, 7) is 2.94. The third-order valence-corrected chi connectivity index (χ3v) is 4.40. The van der Waals surface area contributed by atoms with Crippen LogP contribution in [0, 0.1) is 5.82 Å². The molecular formula is C22H23FN2O4. The van der Waals surface area contributed by atoms with E-state index in [0.717, 1.165) is 11.3 Å². The Morgan fingerprint density at radius 3 is 2.48 bits per heavy atom. The zero-order valence-corrected chi connectivity index (χ0v) is 16.4. The van der Waals surface area contributed by atoms with E-state index in [1.54, 1.807) is 18.2 Å². The van der Waals surface area contributed by atoms with Gasteiger partial charge in [-0.05, 0) is 36.2 Å². The van der Waals surface area contributed by atoms with Gasteiger partial charge in [-0.25, -0.2) is 4.39 Å². The number of anilines is 1. The first-order valence-electron chi connectivity index (χ1n) is 9.40. The second-order valence-electron chi connectivity index (χ2n) is 6.51. The summed E-state index contributed by atoms with van der Waals surface area (Å²) < 4.78 is 24.0. The van der Waals surface area contributed by atoms with Crippen LogP contribution < -0.4 is 10.1 Å². The highest BCUT2D eigenvalue weighted by molar-refractivity contribution is 6.36. The van der Waals surface area contributed by atoms with E-state index in [9.17, 15) is 14.0 Å². The highest BCUT2D eigenvalue weighted by Gasteiger charge is 2.39. The lowest BCUT2D eigenvalue weighted by atomic mass is 10.0. The zero-order chi connectivity index (χ0) is 20.8. The Hall–Kier alpha value is -3.19. The van der Waals surface area contributed by atoms with Gasteiger partial charge in [-0.1, -0.05) is 25.1 Å². The molecule has 0 bridgehead atoms. The zero-order valence-electron chi connectivity index (χ0n) is 16.4. The number of carbonyl (C=O) groups is 2. The molecule has 0 fully saturated rings. The van der Waals surface area contributed by atoms with E-state index in [1.807, 2.05) is 13.0 Å². The van der Waals surface area contributed by atoms with Crippen molar-refractivity contribution in [2.75, 3.05) is 32.2 Å². The molecule has 0 aliphatic carbocycles. The van der Waals surface area contributed by atoms with Crippen molar-refractivity contribution in [3.63, 3.8) is 0 Å². The van der Waals surface area contributed by atoms with Crippen molar-refractivity contribution in [3.05, 3.63) is 65.6 Å². The molecule has 1 aliphatic rings. The molecule has 152 valence electrons. The van der Waals surface area contributed by atoms with Crippen molar-refractivity contribution in [3.8, 4) is 5.75 Å². The van der Waals surface area contributed by atoms with Gasteiger partial charge in [-0.15, -0.1) is 0 Å². The van der Waals surface area contributed by atoms with Crippen LogP contribution in [0.1, 0.15) is 18.9 Å². The van der Waals surface area contributed by atoms with Crippen LogP contribution >= 0.6 is 0 Å². The molecule has 0 radical (unpaired) electrons. The standard InChI is InChI=1S/C22H23FN2O4/c1-3-12-29-18-6-4-5-17(14-18)24-20-19(15-7-9-16(23)10-8-15)21(26)25(22(20)27)11-13-28-2/h4-10,14,24H,3,11-13H2,1-2H3. The quantitative estimate of drug-likeness (QED) is 0.656. The predicted molar refractivity (Wildman–Crippen MR) is 108 cm³/mol. The summed E-state index contributed by atoms with van der Waals surface area (Å²) in [6, 6.07) is 12.7. The van der Waals surface area contributed by atoms with Gasteiger partial charge in [-0.3, -0.25) is 14.5 Å². The summed E-state index contributed by atoms with van der Waals surface area (Å²) in [5, 5.41) is 3.06. The molecule has 2 aromatic rings. The molecule has 0 saturated carbocycles. The van der Waals surface area contributed by atoms with Crippen LogP contribution in [0.3, 0.4) is 0 Å². The number of nitrogens with one attached hydrogen (secondary N) is 1.